The van der Waals surface area contributed by atoms with E-state index in [-0.39, 0.29) is 0 Å². The number of H-pyrrole nitrogens is 1. The van der Waals surface area contributed by atoms with Gasteiger partial charge in [0.2, 0.25) is 0 Å². The van der Waals surface area contributed by atoms with Crippen molar-refractivity contribution in [2.24, 2.45) is 0 Å². The molecular weight excluding hydrogens is 274 g/mol. The molecule has 1 aliphatic rings. The molecule has 0 saturated carbocycles. The van der Waals surface area contributed by atoms with E-state index in [0.29, 0.717) is 18.0 Å². The second-order valence-electron chi connectivity index (χ2n) is 4.49. The molecule has 100 valence electrons. The van der Waals surface area contributed by atoms with Crippen molar-refractivity contribution >= 4 is 23.3 Å². The van der Waals surface area contributed by atoms with E-state index in [4.69, 9.17) is 21.7 Å². The predicted octanol–water partition coefficient (Wildman–Crippen LogP) is 2.85. The minimum Gasteiger partial charge on any atom is -0.486 e. The van der Waals surface area contributed by atoms with Gasteiger partial charge in [-0.2, -0.15) is 0 Å². The third kappa shape index (κ3) is 1.69. The minimum atomic E-state index is 0.569. The highest BCUT2D eigenvalue weighted by atomic mass is 32.1. The van der Waals surface area contributed by atoms with E-state index in [1.807, 2.05) is 28.8 Å². The molecule has 3 aromatic rings. The summed E-state index contributed by atoms with van der Waals surface area (Å²) in [6.45, 7) is 1.16. The van der Waals surface area contributed by atoms with Crippen molar-refractivity contribution in [3.63, 3.8) is 0 Å². The Labute approximate surface area is 119 Å². The van der Waals surface area contributed by atoms with E-state index in [1.165, 1.54) is 0 Å². The molecule has 1 N–H and O–H groups in total. The molecule has 2 aromatic heterocycles. The molecule has 0 saturated heterocycles. The summed E-state index contributed by atoms with van der Waals surface area (Å²) >= 11 is 5.40. The molecule has 1 aliphatic heterocycles. The molecule has 6 heteroatoms. The zero-order valence-corrected chi connectivity index (χ0v) is 11.3. The number of hydrogen-bond acceptors (Lipinski definition) is 4. The molecule has 0 unspecified atom stereocenters. The van der Waals surface area contributed by atoms with Crippen LogP contribution < -0.4 is 9.47 Å². The van der Waals surface area contributed by atoms with Gasteiger partial charge in [-0.1, -0.05) is 0 Å². The maximum Gasteiger partial charge on any atom is 0.182 e. The van der Waals surface area contributed by atoms with Gasteiger partial charge in [0.05, 0.1) is 22.9 Å². The molecule has 3 heterocycles. The standard InChI is InChI=1S/C14H11N3O2S/c20-14-16-10-8-15-4-3-11(10)17(14)9-1-2-12-13(7-9)19-6-5-18-12/h1-4,7-8H,5-6H2,(H,16,20). The van der Waals surface area contributed by atoms with Crippen molar-refractivity contribution in [2.45, 2.75) is 0 Å². The topological polar surface area (TPSA) is 52.1 Å². The highest BCUT2D eigenvalue weighted by molar-refractivity contribution is 7.71. The Bertz CT molecular complexity index is 853. The molecule has 0 bridgehead atoms. The van der Waals surface area contributed by atoms with Crippen molar-refractivity contribution in [3.05, 3.63) is 41.4 Å². The van der Waals surface area contributed by atoms with Crippen LogP contribution in [0.25, 0.3) is 16.7 Å². The highest BCUT2D eigenvalue weighted by Gasteiger charge is 2.14. The zero-order valence-electron chi connectivity index (χ0n) is 10.5. The van der Waals surface area contributed by atoms with Crippen LogP contribution in [-0.4, -0.2) is 27.7 Å². The number of aromatic nitrogens is 3. The molecule has 4 rings (SSSR count). The van der Waals surface area contributed by atoms with Gasteiger partial charge in [-0.3, -0.25) is 9.55 Å². The van der Waals surface area contributed by atoms with Crippen LogP contribution in [0.5, 0.6) is 11.5 Å². The summed E-state index contributed by atoms with van der Waals surface area (Å²) < 4.78 is 13.7. The molecule has 0 radical (unpaired) electrons. The first-order valence-corrected chi connectivity index (χ1v) is 6.68. The number of rotatable bonds is 1. The molecule has 20 heavy (non-hydrogen) atoms. The third-order valence-corrected chi connectivity index (χ3v) is 3.55. The fraction of sp³-hybridized carbons (Fsp3) is 0.143. The highest BCUT2D eigenvalue weighted by Crippen LogP contribution is 2.33. The SMILES string of the molecule is S=c1[nH]c2cnccc2n1-c1ccc2c(c1)OCCO2. The number of fused-ring (bicyclic) bond motifs is 2. The van der Waals surface area contributed by atoms with Gasteiger partial charge in [-0.25, -0.2) is 0 Å². The zero-order chi connectivity index (χ0) is 13.5. The monoisotopic (exact) mass is 285 g/mol. The Morgan fingerprint density at radius 3 is 2.90 bits per heavy atom. The van der Waals surface area contributed by atoms with E-state index in [9.17, 15) is 0 Å². The van der Waals surface area contributed by atoms with Gasteiger partial charge < -0.3 is 14.5 Å². The van der Waals surface area contributed by atoms with E-state index in [0.717, 1.165) is 28.2 Å². The van der Waals surface area contributed by atoms with Gasteiger partial charge in [-0.05, 0) is 30.4 Å². The van der Waals surface area contributed by atoms with E-state index in [2.05, 4.69) is 9.97 Å². The fourth-order valence-electron chi connectivity index (χ4n) is 2.39. The smallest absolute Gasteiger partial charge is 0.182 e. The number of pyridine rings is 1. The van der Waals surface area contributed by atoms with Gasteiger partial charge in [0.25, 0.3) is 0 Å². The average Bonchev–Trinajstić information content (AvgIpc) is 2.82. The summed E-state index contributed by atoms with van der Waals surface area (Å²) in [6.07, 6.45) is 3.51. The van der Waals surface area contributed by atoms with Crippen LogP contribution in [0.3, 0.4) is 0 Å². The van der Waals surface area contributed by atoms with E-state index in [1.54, 1.807) is 12.4 Å². The first-order chi connectivity index (χ1) is 9.83. The summed E-state index contributed by atoms with van der Waals surface area (Å²) in [5, 5.41) is 0. The van der Waals surface area contributed by atoms with Crippen molar-refractivity contribution in [2.75, 3.05) is 13.2 Å². The minimum absolute atomic E-state index is 0.569. The van der Waals surface area contributed by atoms with Crippen LogP contribution in [-0.2, 0) is 0 Å². The Hall–Kier alpha value is -2.34. The summed E-state index contributed by atoms with van der Waals surface area (Å²) in [4.78, 5) is 7.24. The summed E-state index contributed by atoms with van der Waals surface area (Å²) in [5.41, 5.74) is 2.84. The van der Waals surface area contributed by atoms with Gasteiger partial charge >= 0.3 is 0 Å². The number of ether oxygens (including phenoxy) is 2. The number of imidazole rings is 1. The molecule has 0 fully saturated rings. The van der Waals surface area contributed by atoms with Crippen LogP contribution in [0.1, 0.15) is 0 Å². The van der Waals surface area contributed by atoms with Crippen LogP contribution in [0.2, 0.25) is 0 Å². The van der Waals surface area contributed by atoms with Crippen molar-refractivity contribution in [3.8, 4) is 17.2 Å². The second kappa shape index (κ2) is 4.35. The Balaban J connectivity index is 1.95. The maximum atomic E-state index is 5.62. The average molecular weight is 285 g/mol. The normalized spacial score (nSPS) is 13.6. The first-order valence-electron chi connectivity index (χ1n) is 6.28. The Morgan fingerprint density at radius 2 is 2.00 bits per heavy atom. The van der Waals surface area contributed by atoms with Gasteiger partial charge in [0.1, 0.15) is 13.2 Å². The molecule has 0 spiro atoms. The molecule has 1 aromatic carbocycles. The number of nitrogens with zero attached hydrogens (tertiary/aromatic N) is 2. The van der Waals surface area contributed by atoms with Crippen LogP contribution in [0, 0.1) is 4.77 Å². The lowest BCUT2D eigenvalue weighted by atomic mass is 10.2. The van der Waals surface area contributed by atoms with Gasteiger partial charge in [0, 0.05) is 12.3 Å². The number of aromatic amines is 1. The van der Waals surface area contributed by atoms with Crippen molar-refractivity contribution in [1.82, 2.24) is 14.5 Å². The van der Waals surface area contributed by atoms with Crippen LogP contribution >= 0.6 is 12.2 Å². The largest absolute Gasteiger partial charge is 0.486 e. The second-order valence-corrected chi connectivity index (χ2v) is 4.87. The molecule has 0 atom stereocenters. The number of nitrogens with one attached hydrogen (secondary N) is 1. The lowest BCUT2D eigenvalue weighted by Gasteiger charge is -2.19. The summed E-state index contributed by atoms with van der Waals surface area (Å²) in [7, 11) is 0. The molecule has 5 nitrogen and oxygen atoms in total. The lowest BCUT2D eigenvalue weighted by molar-refractivity contribution is 0.171. The Morgan fingerprint density at radius 1 is 1.15 bits per heavy atom. The number of hydrogen-bond donors (Lipinski definition) is 1. The molecular formula is C14H11N3O2S. The van der Waals surface area contributed by atoms with Gasteiger partial charge in [0.15, 0.2) is 16.3 Å². The van der Waals surface area contributed by atoms with Gasteiger partial charge in [-0.15, -0.1) is 0 Å². The predicted molar refractivity (Wildman–Crippen MR) is 77.2 cm³/mol. The number of benzene rings is 1. The van der Waals surface area contributed by atoms with Crippen molar-refractivity contribution in [1.29, 1.82) is 0 Å². The third-order valence-electron chi connectivity index (χ3n) is 3.27. The summed E-state index contributed by atoms with van der Waals surface area (Å²) in [6, 6.07) is 7.75. The van der Waals surface area contributed by atoms with E-state index >= 15 is 0 Å². The fourth-order valence-corrected chi connectivity index (χ4v) is 2.70. The van der Waals surface area contributed by atoms with Crippen LogP contribution in [0.15, 0.2) is 36.7 Å². The molecule has 0 amide bonds. The molecule has 0 aliphatic carbocycles. The summed E-state index contributed by atoms with van der Waals surface area (Å²) in [5.74, 6) is 1.52. The Kier molecular flexibility index (Phi) is 2.50. The quantitative estimate of drug-likeness (QED) is 0.699. The van der Waals surface area contributed by atoms with Crippen molar-refractivity contribution < 1.29 is 9.47 Å². The van der Waals surface area contributed by atoms with E-state index < -0.39 is 0 Å². The lowest BCUT2D eigenvalue weighted by Crippen LogP contribution is -2.15. The maximum absolute atomic E-state index is 5.62. The van der Waals surface area contributed by atoms with Crippen LogP contribution in [0.4, 0.5) is 0 Å². The first kappa shape index (κ1) is 11.5.